The van der Waals surface area contributed by atoms with Gasteiger partial charge >= 0.3 is 0 Å². The summed E-state index contributed by atoms with van der Waals surface area (Å²) in [5, 5.41) is 11.1. The monoisotopic (exact) mass is 412 g/mol. The molecule has 1 unspecified atom stereocenters. The number of benzene rings is 1. The van der Waals surface area contributed by atoms with Crippen LogP contribution in [0.15, 0.2) is 41.7 Å². The second-order valence-corrected chi connectivity index (χ2v) is 7.80. The molecule has 3 rings (SSSR count). The van der Waals surface area contributed by atoms with Gasteiger partial charge in [0.05, 0.1) is 25.9 Å². The molecular weight excluding hydrogens is 376 g/mol. The van der Waals surface area contributed by atoms with Crippen LogP contribution in [-0.4, -0.2) is 60.5 Å². The smallest absolute Gasteiger partial charge is 0.191 e. The minimum atomic E-state index is 0.296. The Hall–Kier alpha value is -2.54. The number of methoxy groups -OCH3 is 1. The first-order valence-electron chi connectivity index (χ1n) is 11.1. The SMILES string of the molecule is CCNC(=NCC(c1ccc(OC)cc1)N1CCCC1)NCCCc1cnn(C)c1. The molecule has 2 heterocycles. The average Bonchev–Trinajstić information content (AvgIpc) is 3.44. The van der Waals surface area contributed by atoms with Gasteiger partial charge in [-0.15, -0.1) is 0 Å². The van der Waals surface area contributed by atoms with Gasteiger partial charge in [-0.3, -0.25) is 14.6 Å². The molecule has 0 spiro atoms. The topological polar surface area (TPSA) is 66.7 Å². The van der Waals surface area contributed by atoms with Crippen molar-refractivity contribution in [3.8, 4) is 5.75 Å². The molecule has 1 fully saturated rings. The van der Waals surface area contributed by atoms with Gasteiger partial charge in [0, 0.05) is 26.3 Å². The second kappa shape index (κ2) is 11.6. The van der Waals surface area contributed by atoms with Gasteiger partial charge in [-0.05, 0) is 69.0 Å². The van der Waals surface area contributed by atoms with Crippen LogP contribution < -0.4 is 15.4 Å². The maximum atomic E-state index is 5.33. The summed E-state index contributed by atoms with van der Waals surface area (Å²) >= 11 is 0. The van der Waals surface area contributed by atoms with Gasteiger partial charge in [-0.25, -0.2) is 0 Å². The molecule has 0 aliphatic carbocycles. The lowest BCUT2D eigenvalue weighted by Gasteiger charge is -2.27. The highest BCUT2D eigenvalue weighted by molar-refractivity contribution is 5.79. The Morgan fingerprint density at radius 3 is 2.60 bits per heavy atom. The fourth-order valence-electron chi connectivity index (χ4n) is 3.93. The van der Waals surface area contributed by atoms with Crippen molar-refractivity contribution in [2.24, 2.45) is 12.0 Å². The Morgan fingerprint density at radius 1 is 1.20 bits per heavy atom. The quantitative estimate of drug-likeness (QED) is 0.357. The summed E-state index contributed by atoms with van der Waals surface area (Å²) < 4.78 is 7.18. The molecule has 1 aromatic carbocycles. The molecule has 1 aliphatic rings. The number of guanidine groups is 1. The number of nitrogens with one attached hydrogen (secondary N) is 2. The summed E-state index contributed by atoms with van der Waals surface area (Å²) in [5.74, 6) is 1.78. The molecule has 0 bridgehead atoms. The maximum absolute atomic E-state index is 5.33. The van der Waals surface area contributed by atoms with Gasteiger partial charge in [0.25, 0.3) is 0 Å². The standard InChI is InChI=1S/C23H36N6O/c1-4-24-23(25-13-7-8-19-16-27-28(2)18-19)26-17-22(29-14-5-6-15-29)20-9-11-21(30-3)12-10-20/h9-12,16,18,22H,4-8,13-15,17H2,1-3H3,(H2,24,25,26). The Labute approximate surface area is 180 Å². The summed E-state index contributed by atoms with van der Waals surface area (Å²) in [6.45, 7) is 6.87. The lowest BCUT2D eigenvalue weighted by atomic mass is 10.1. The molecule has 164 valence electrons. The first-order valence-corrected chi connectivity index (χ1v) is 11.1. The minimum absolute atomic E-state index is 0.296. The predicted octanol–water partition coefficient (Wildman–Crippen LogP) is 2.75. The Kier molecular flexibility index (Phi) is 8.56. The largest absolute Gasteiger partial charge is 0.497 e. The summed E-state index contributed by atoms with van der Waals surface area (Å²) in [7, 11) is 3.66. The van der Waals surface area contributed by atoms with E-state index in [1.165, 1.54) is 24.0 Å². The normalized spacial score (nSPS) is 15.9. The number of ether oxygens (including phenoxy) is 1. The summed E-state index contributed by atoms with van der Waals surface area (Å²) in [5.41, 5.74) is 2.57. The zero-order valence-corrected chi connectivity index (χ0v) is 18.6. The van der Waals surface area contributed by atoms with Crippen LogP contribution in [0.3, 0.4) is 0 Å². The minimum Gasteiger partial charge on any atom is -0.497 e. The molecule has 30 heavy (non-hydrogen) atoms. The fourth-order valence-corrected chi connectivity index (χ4v) is 3.93. The van der Waals surface area contributed by atoms with E-state index in [1.807, 2.05) is 30.1 Å². The molecule has 2 N–H and O–H groups in total. The number of hydrogen-bond acceptors (Lipinski definition) is 4. The molecule has 7 heteroatoms. The van der Waals surface area contributed by atoms with Crippen molar-refractivity contribution in [1.29, 1.82) is 0 Å². The third-order valence-electron chi connectivity index (χ3n) is 5.54. The van der Waals surface area contributed by atoms with Gasteiger partial charge in [-0.1, -0.05) is 12.1 Å². The van der Waals surface area contributed by atoms with E-state index in [-0.39, 0.29) is 0 Å². The van der Waals surface area contributed by atoms with Gasteiger partial charge in [0.1, 0.15) is 5.75 Å². The van der Waals surface area contributed by atoms with Crippen LogP contribution in [-0.2, 0) is 13.5 Å². The molecule has 0 radical (unpaired) electrons. The lowest BCUT2D eigenvalue weighted by Crippen LogP contribution is -2.39. The van der Waals surface area contributed by atoms with E-state index in [0.717, 1.165) is 57.3 Å². The van der Waals surface area contributed by atoms with Crippen LogP contribution in [0.25, 0.3) is 0 Å². The molecule has 7 nitrogen and oxygen atoms in total. The first-order chi connectivity index (χ1) is 14.7. The highest BCUT2D eigenvalue weighted by Gasteiger charge is 2.23. The van der Waals surface area contributed by atoms with E-state index in [0.29, 0.717) is 6.04 Å². The van der Waals surface area contributed by atoms with Gasteiger partial charge in [0.2, 0.25) is 0 Å². The van der Waals surface area contributed by atoms with E-state index in [1.54, 1.807) is 7.11 Å². The zero-order chi connectivity index (χ0) is 21.2. The molecule has 1 aliphatic heterocycles. The van der Waals surface area contributed by atoms with Crippen LogP contribution in [0.5, 0.6) is 5.75 Å². The van der Waals surface area contributed by atoms with E-state index >= 15 is 0 Å². The van der Waals surface area contributed by atoms with Crippen LogP contribution in [0.1, 0.15) is 43.4 Å². The van der Waals surface area contributed by atoms with Crippen molar-refractivity contribution >= 4 is 5.96 Å². The third-order valence-corrected chi connectivity index (χ3v) is 5.54. The van der Waals surface area contributed by atoms with Crippen LogP contribution in [0.2, 0.25) is 0 Å². The summed E-state index contributed by atoms with van der Waals surface area (Å²) in [6.07, 6.45) is 8.61. The van der Waals surface area contributed by atoms with Crippen LogP contribution in [0, 0.1) is 0 Å². The highest BCUT2D eigenvalue weighted by Crippen LogP contribution is 2.27. The fraction of sp³-hybridized carbons (Fsp3) is 0.565. The van der Waals surface area contributed by atoms with Gasteiger partial charge < -0.3 is 15.4 Å². The Morgan fingerprint density at radius 2 is 1.97 bits per heavy atom. The number of aryl methyl sites for hydroxylation is 2. The van der Waals surface area contributed by atoms with Gasteiger partial charge in [-0.2, -0.15) is 5.10 Å². The first kappa shape index (κ1) is 22.2. The molecule has 0 saturated carbocycles. The average molecular weight is 413 g/mol. The molecule has 1 saturated heterocycles. The molecule has 2 aromatic rings. The van der Waals surface area contributed by atoms with Crippen molar-refractivity contribution in [3.63, 3.8) is 0 Å². The van der Waals surface area contributed by atoms with E-state index in [4.69, 9.17) is 9.73 Å². The van der Waals surface area contributed by atoms with E-state index < -0.39 is 0 Å². The molecule has 1 atom stereocenters. The maximum Gasteiger partial charge on any atom is 0.191 e. The third kappa shape index (κ3) is 6.49. The summed E-state index contributed by atoms with van der Waals surface area (Å²) in [6, 6.07) is 8.73. The van der Waals surface area contributed by atoms with E-state index in [9.17, 15) is 0 Å². The van der Waals surface area contributed by atoms with Crippen LogP contribution >= 0.6 is 0 Å². The molecular formula is C23H36N6O. The van der Waals surface area contributed by atoms with E-state index in [2.05, 4.69) is 45.9 Å². The predicted molar refractivity (Wildman–Crippen MR) is 122 cm³/mol. The second-order valence-electron chi connectivity index (χ2n) is 7.80. The lowest BCUT2D eigenvalue weighted by molar-refractivity contribution is 0.251. The number of hydrogen-bond donors (Lipinski definition) is 2. The Balaban J connectivity index is 1.59. The van der Waals surface area contributed by atoms with Crippen molar-refractivity contribution in [3.05, 3.63) is 47.8 Å². The molecule has 0 amide bonds. The highest BCUT2D eigenvalue weighted by atomic mass is 16.5. The van der Waals surface area contributed by atoms with Crippen LogP contribution in [0.4, 0.5) is 0 Å². The van der Waals surface area contributed by atoms with Crippen molar-refractivity contribution in [1.82, 2.24) is 25.3 Å². The number of aromatic nitrogens is 2. The summed E-state index contributed by atoms with van der Waals surface area (Å²) in [4.78, 5) is 7.48. The number of likely N-dealkylation sites (tertiary alicyclic amines) is 1. The van der Waals surface area contributed by atoms with Crippen molar-refractivity contribution < 1.29 is 4.74 Å². The molecule has 1 aromatic heterocycles. The number of rotatable bonds is 10. The van der Waals surface area contributed by atoms with Gasteiger partial charge in [0.15, 0.2) is 5.96 Å². The zero-order valence-electron chi connectivity index (χ0n) is 18.6. The number of nitrogens with zero attached hydrogens (tertiary/aromatic N) is 4. The Bertz CT molecular complexity index is 779. The number of aliphatic imine (C=N–C) groups is 1. The van der Waals surface area contributed by atoms with Crippen molar-refractivity contribution in [2.75, 3.05) is 39.8 Å². The van der Waals surface area contributed by atoms with Crippen molar-refractivity contribution in [2.45, 2.75) is 38.6 Å².